The van der Waals surface area contributed by atoms with Crippen LogP contribution in [0.5, 0.6) is 0 Å². The molecule has 1 heterocycles. The Hall–Kier alpha value is -4.38. The van der Waals surface area contributed by atoms with Gasteiger partial charge in [-0.25, -0.2) is 17.9 Å². The molecule has 4 rings (SSSR count). The Labute approximate surface area is 196 Å². The van der Waals surface area contributed by atoms with Gasteiger partial charge in [-0.15, -0.1) is 0 Å². The molecule has 0 aliphatic carbocycles. The number of hydrogen-bond acceptors (Lipinski definition) is 6. The van der Waals surface area contributed by atoms with Gasteiger partial charge in [0.1, 0.15) is 0 Å². The van der Waals surface area contributed by atoms with Crippen LogP contribution in [-0.4, -0.2) is 39.4 Å². The number of anilines is 4. The van der Waals surface area contributed by atoms with E-state index >= 15 is 0 Å². The fraction of sp³-hybridized carbons (Fsp3) is 0.0870. The van der Waals surface area contributed by atoms with E-state index in [-0.39, 0.29) is 29.8 Å². The zero-order valence-corrected chi connectivity index (χ0v) is 18.6. The predicted molar refractivity (Wildman–Crippen MR) is 128 cm³/mol. The Morgan fingerprint density at radius 3 is 2.24 bits per heavy atom. The number of fused-ring (bicyclic) bond motifs is 1. The molecule has 174 valence electrons. The van der Waals surface area contributed by atoms with Crippen LogP contribution < -0.4 is 25.6 Å². The lowest BCUT2D eigenvalue weighted by atomic mass is 10.2. The number of carbonyl (C=O) groups excluding carboxylic acids is 3. The molecule has 1 aliphatic heterocycles. The van der Waals surface area contributed by atoms with Crippen molar-refractivity contribution >= 4 is 50.6 Å². The van der Waals surface area contributed by atoms with E-state index < -0.39 is 16.1 Å². The van der Waals surface area contributed by atoms with Gasteiger partial charge in [0.05, 0.1) is 29.4 Å². The molecule has 34 heavy (non-hydrogen) atoms. The van der Waals surface area contributed by atoms with E-state index in [0.29, 0.717) is 17.1 Å². The third-order valence-electron chi connectivity index (χ3n) is 4.89. The summed E-state index contributed by atoms with van der Waals surface area (Å²) in [7, 11) is -4.11. The van der Waals surface area contributed by atoms with Crippen LogP contribution in [0, 0.1) is 0 Å². The molecule has 0 unspecified atom stereocenters. The van der Waals surface area contributed by atoms with E-state index in [0.717, 1.165) is 5.69 Å². The number of nitrogens with one attached hydrogen (secondary N) is 4. The summed E-state index contributed by atoms with van der Waals surface area (Å²) in [4.78, 5) is 38.0. The molecule has 0 saturated carbocycles. The van der Waals surface area contributed by atoms with Crippen molar-refractivity contribution in [3.63, 3.8) is 0 Å². The standard InChI is InChI=1S/C23H21N5O5S/c29-21(14-28-15-22(30)26-19-8-4-5-9-20(19)28)24-17-10-12-18(13-11-17)34(32,33)27-23(31)25-16-6-2-1-3-7-16/h1-13H,14-15H2,(H,24,29)(H,26,30)(H2,25,27,31). The highest BCUT2D eigenvalue weighted by molar-refractivity contribution is 7.90. The lowest BCUT2D eigenvalue weighted by Gasteiger charge is -2.30. The van der Waals surface area contributed by atoms with Crippen molar-refractivity contribution in [2.75, 3.05) is 33.9 Å². The maximum absolute atomic E-state index is 12.5. The molecule has 4 amide bonds. The van der Waals surface area contributed by atoms with Crippen molar-refractivity contribution < 1.29 is 22.8 Å². The molecule has 0 radical (unpaired) electrons. The van der Waals surface area contributed by atoms with Gasteiger partial charge < -0.3 is 20.9 Å². The summed E-state index contributed by atoms with van der Waals surface area (Å²) in [6.07, 6.45) is 0. The third-order valence-corrected chi connectivity index (χ3v) is 6.24. The maximum atomic E-state index is 12.5. The van der Waals surface area contributed by atoms with Crippen molar-refractivity contribution in [2.24, 2.45) is 0 Å². The summed E-state index contributed by atoms with van der Waals surface area (Å²) >= 11 is 0. The van der Waals surface area contributed by atoms with Gasteiger partial charge >= 0.3 is 6.03 Å². The molecule has 0 saturated heterocycles. The Morgan fingerprint density at radius 1 is 0.853 bits per heavy atom. The Kier molecular flexibility index (Phi) is 6.46. The smallest absolute Gasteiger partial charge is 0.333 e. The van der Waals surface area contributed by atoms with Gasteiger partial charge in [0, 0.05) is 11.4 Å². The Morgan fingerprint density at radius 2 is 1.50 bits per heavy atom. The molecule has 0 atom stereocenters. The van der Waals surface area contributed by atoms with Crippen LogP contribution in [-0.2, 0) is 19.6 Å². The fourth-order valence-corrected chi connectivity index (χ4v) is 4.30. The minimum absolute atomic E-state index is 0.0400. The van der Waals surface area contributed by atoms with Crippen molar-refractivity contribution in [1.29, 1.82) is 0 Å². The van der Waals surface area contributed by atoms with E-state index in [1.54, 1.807) is 47.4 Å². The number of rotatable bonds is 6. The Balaban J connectivity index is 1.36. The normalized spacial score (nSPS) is 12.8. The van der Waals surface area contributed by atoms with E-state index in [2.05, 4.69) is 16.0 Å². The molecule has 4 N–H and O–H groups in total. The first-order valence-corrected chi connectivity index (χ1v) is 11.7. The van der Waals surface area contributed by atoms with E-state index in [1.165, 1.54) is 24.3 Å². The third kappa shape index (κ3) is 5.51. The van der Waals surface area contributed by atoms with E-state index in [9.17, 15) is 22.8 Å². The molecule has 0 bridgehead atoms. The number of sulfonamides is 1. The first-order valence-electron chi connectivity index (χ1n) is 10.2. The van der Waals surface area contributed by atoms with E-state index in [4.69, 9.17) is 0 Å². The maximum Gasteiger partial charge on any atom is 0.333 e. The number of urea groups is 1. The highest BCUT2D eigenvalue weighted by atomic mass is 32.2. The number of carbonyl (C=O) groups is 3. The highest BCUT2D eigenvalue weighted by Crippen LogP contribution is 2.28. The van der Waals surface area contributed by atoms with Gasteiger partial charge in [0.15, 0.2) is 0 Å². The van der Waals surface area contributed by atoms with Crippen LogP contribution in [0.3, 0.4) is 0 Å². The van der Waals surface area contributed by atoms with E-state index in [1.807, 2.05) is 16.9 Å². The number of para-hydroxylation sites is 3. The zero-order valence-electron chi connectivity index (χ0n) is 17.8. The first kappa shape index (κ1) is 22.8. The molecule has 0 fully saturated rings. The van der Waals surface area contributed by atoms with Gasteiger partial charge in [-0.2, -0.15) is 0 Å². The SMILES string of the molecule is O=C(CN1CC(=O)Nc2ccccc21)Nc1ccc(S(=O)(=O)NC(=O)Nc2ccccc2)cc1. The lowest BCUT2D eigenvalue weighted by molar-refractivity contribution is -0.115. The van der Waals surface area contributed by atoms with Crippen LogP contribution in [0.4, 0.5) is 27.5 Å². The van der Waals surface area contributed by atoms with Crippen LogP contribution in [0.1, 0.15) is 0 Å². The monoisotopic (exact) mass is 479 g/mol. The minimum Gasteiger partial charge on any atom is -0.351 e. The van der Waals surface area contributed by atoms with Crippen LogP contribution in [0.2, 0.25) is 0 Å². The summed E-state index contributed by atoms with van der Waals surface area (Å²) < 4.78 is 26.9. The van der Waals surface area contributed by atoms with Gasteiger partial charge in [-0.3, -0.25) is 9.59 Å². The summed E-state index contributed by atoms with van der Waals surface area (Å²) in [5.41, 5.74) is 2.18. The van der Waals surface area contributed by atoms with Gasteiger partial charge in [-0.1, -0.05) is 30.3 Å². The Bertz CT molecular complexity index is 1330. The fourth-order valence-electron chi connectivity index (χ4n) is 3.39. The predicted octanol–water partition coefficient (Wildman–Crippen LogP) is 2.59. The van der Waals surface area contributed by atoms with Crippen molar-refractivity contribution in [2.45, 2.75) is 4.90 Å². The lowest BCUT2D eigenvalue weighted by Crippen LogP contribution is -2.42. The van der Waals surface area contributed by atoms with Crippen LogP contribution >= 0.6 is 0 Å². The molecule has 10 nitrogen and oxygen atoms in total. The number of amides is 4. The second kappa shape index (κ2) is 9.63. The summed E-state index contributed by atoms with van der Waals surface area (Å²) in [5, 5.41) is 7.87. The van der Waals surface area contributed by atoms with Gasteiger partial charge in [0.2, 0.25) is 11.8 Å². The molecule has 11 heteroatoms. The molecule has 1 aliphatic rings. The molecule has 0 aromatic heterocycles. The van der Waals surface area contributed by atoms with Crippen molar-refractivity contribution in [1.82, 2.24) is 4.72 Å². The second-order valence-electron chi connectivity index (χ2n) is 7.42. The number of nitrogens with zero attached hydrogens (tertiary/aromatic N) is 1. The second-order valence-corrected chi connectivity index (χ2v) is 9.10. The van der Waals surface area contributed by atoms with Crippen LogP contribution in [0.25, 0.3) is 0 Å². The largest absolute Gasteiger partial charge is 0.351 e. The topological polar surface area (TPSA) is 137 Å². The number of benzene rings is 3. The molecule has 3 aromatic carbocycles. The van der Waals surface area contributed by atoms with Crippen molar-refractivity contribution in [3.8, 4) is 0 Å². The van der Waals surface area contributed by atoms with Crippen LogP contribution in [0.15, 0.2) is 83.8 Å². The summed E-state index contributed by atoms with van der Waals surface area (Å²) in [5.74, 6) is -0.592. The van der Waals surface area contributed by atoms with Gasteiger partial charge in [-0.05, 0) is 48.5 Å². The zero-order chi connectivity index (χ0) is 24.1. The average molecular weight is 480 g/mol. The number of hydrogen-bond donors (Lipinski definition) is 4. The molecular formula is C23H21N5O5S. The summed E-state index contributed by atoms with van der Waals surface area (Å²) in [6.45, 7) is -0.0238. The quantitative estimate of drug-likeness (QED) is 0.429. The first-order chi connectivity index (χ1) is 16.3. The summed E-state index contributed by atoms with van der Waals surface area (Å²) in [6, 6.07) is 20.1. The minimum atomic E-state index is -4.11. The average Bonchev–Trinajstić information content (AvgIpc) is 2.79. The molecule has 0 spiro atoms. The van der Waals surface area contributed by atoms with Gasteiger partial charge in [0.25, 0.3) is 10.0 Å². The highest BCUT2D eigenvalue weighted by Gasteiger charge is 2.23. The molecule has 3 aromatic rings. The van der Waals surface area contributed by atoms with Crippen molar-refractivity contribution in [3.05, 3.63) is 78.9 Å². The molecular weight excluding hydrogens is 458 g/mol.